The van der Waals surface area contributed by atoms with Crippen LogP contribution in [-0.2, 0) is 13.1 Å². The van der Waals surface area contributed by atoms with Gasteiger partial charge in [0.1, 0.15) is 5.75 Å². The van der Waals surface area contributed by atoms with E-state index in [0.29, 0.717) is 6.04 Å². The summed E-state index contributed by atoms with van der Waals surface area (Å²) in [6.07, 6.45) is 4.55. The van der Waals surface area contributed by atoms with E-state index < -0.39 is 0 Å². The third-order valence-electron chi connectivity index (χ3n) is 5.76. The number of aromatic nitrogens is 2. The lowest BCUT2D eigenvalue weighted by Crippen LogP contribution is -2.52. The summed E-state index contributed by atoms with van der Waals surface area (Å²) in [5.74, 6) is 0.891. The molecule has 0 spiro atoms. The van der Waals surface area contributed by atoms with E-state index in [9.17, 15) is 5.11 Å². The average molecular weight is 407 g/mol. The molecule has 2 aromatic carbocycles. The second-order valence-electron chi connectivity index (χ2n) is 7.84. The van der Waals surface area contributed by atoms with Gasteiger partial charge in [0.05, 0.1) is 12.8 Å². The molecule has 0 radical (unpaired) electrons. The van der Waals surface area contributed by atoms with Gasteiger partial charge < -0.3 is 9.84 Å². The summed E-state index contributed by atoms with van der Waals surface area (Å²) in [4.78, 5) is 4.98. The van der Waals surface area contributed by atoms with Crippen LogP contribution in [0.3, 0.4) is 0 Å². The molecule has 3 aromatic rings. The summed E-state index contributed by atoms with van der Waals surface area (Å²) in [7, 11) is 1.70. The summed E-state index contributed by atoms with van der Waals surface area (Å²) in [5, 5.41) is 14.0. The largest absolute Gasteiger partial charge is 0.497 e. The Labute approximate surface area is 178 Å². The number of nitrogens with zero attached hydrogens (tertiary/aromatic N) is 4. The number of rotatable bonds is 8. The van der Waals surface area contributed by atoms with E-state index in [2.05, 4.69) is 51.3 Å². The molecule has 4 rings (SSSR count). The maximum absolute atomic E-state index is 9.63. The smallest absolute Gasteiger partial charge is 0.119 e. The van der Waals surface area contributed by atoms with Gasteiger partial charge in [-0.05, 0) is 47.9 Å². The van der Waals surface area contributed by atoms with Crippen LogP contribution >= 0.6 is 0 Å². The zero-order chi connectivity index (χ0) is 20.8. The van der Waals surface area contributed by atoms with Crippen molar-refractivity contribution in [2.75, 3.05) is 33.4 Å². The quantitative estimate of drug-likeness (QED) is 0.623. The van der Waals surface area contributed by atoms with Gasteiger partial charge in [0, 0.05) is 57.8 Å². The van der Waals surface area contributed by atoms with Crippen LogP contribution in [0.1, 0.15) is 17.5 Å². The normalized spacial score (nSPS) is 17.9. The number of benzene rings is 2. The highest BCUT2D eigenvalue weighted by atomic mass is 16.5. The van der Waals surface area contributed by atoms with Gasteiger partial charge in [-0.25, -0.2) is 4.68 Å². The third kappa shape index (κ3) is 5.08. The molecular formula is C24H30N4O2. The van der Waals surface area contributed by atoms with Gasteiger partial charge in [-0.2, -0.15) is 5.10 Å². The molecule has 0 bridgehead atoms. The van der Waals surface area contributed by atoms with Crippen molar-refractivity contribution in [1.29, 1.82) is 0 Å². The molecule has 1 atom stereocenters. The number of aliphatic hydroxyl groups excluding tert-OH is 1. The number of piperazine rings is 1. The molecule has 1 aliphatic rings. The van der Waals surface area contributed by atoms with Gasteiger partial charge in [0.15, 0.2) is 0 Å². The van der Waals surface area contributed by atoms with Crippen LogP contribution in [0, 0.1) is 0 Å². The predicted octanol–water partition coefficient (Wildman–Crippen LogP) is 2.95. The molecule has 1 aromatic heterocycles. The number of methoxy groups -OCH3 is 1. The molecule has 158 valence electrons. The number of hydrogen-bond donors (Lipinski definition) is 1. The third-order valence-corrected chi connectivity index (χ3v) is 5.76. The Morgan fingerprint density at radius 2 is 1.87 bits per heavy atom. The van der Waals surface area contributed by atoms with Crippen molar-refractivity contribution in [3.63, 3.8) is 0 Å². The Bertz CT molecular complexity index is 928. The molecule has 2 heterocycles. The molecule has 0 aliphatic carbocycles. The first-order valence-electron chi connectivity index (χ1n) is 10.5. The minimum atomic E-state index is 0.210. The number of ether oxygens (including phenoxy) is 1. The van der Waals surface area contributed by atoms with Crippen molar-refractivity contribution in [3.05, 3.63) is 78.1 Å². The maximum Gasteiger partial charge on any atom is 0.119 e. The molecule has 0 amide bonds. The van der Waals surface area contributed by atoms with E-state index >= 15 is 0 Å². The topological polar surface area (TPSA) is 53.8 Å². The molecule has 1 fully saturated rings. The summed E-state index contributed by atoms with van der Waals surface area (Å²) in [6.45, 7) is 4.95. The Morgan fingerprint density at radius 1 is 1.03 bits per heavy atom. The molecule has 1 saturated heterocycles. The first-order valence-corrected chi connectivity index (χ1v) is 10.5. The van der Waals surface area contributed by atoms with Crippen LogP contribution in [0.4, 0.5) is 0 Å². The minimum Gasteiger partial charge on any atom is -0.497 e. The molecule has 0 unspecified atom stereocenters. The van der Waals surface area contributed by atoms with Gasteiger partial charge in [0.2, 0.25) is 0 Å². The van der Waals surface area contributed by atoms with Crippen LogP contribution in [0.15, 0.2) is 67.0 Å². The lowest BCUT2D eigenvalue weighted by Gasteiger charge is -2.41. The Kier molecular flexibility index (Phi) is 6.79. The van der Waals surface area contributed by atoms with Crippen molar-refractivity contribution in [1.82, 2.24) is 19.6 Å². The van der Waals surface area contributed by atoms with Gasteiger partial charge in [-0.3, -0.25) is 9.80 Å². The highest BCUT2D eigenvalue weighted by molar-refractivity contribution is 5.35. The molecule has 1 aliphatic heterocycles. The number of aliphatic hydroxyl groups is 1. The van der Waals surface area contributed by atoms with Crippen molar-refractivity contribution < 1.29 is 9.84 Å². The summed E-state index contributed by atoms with van der Waals surface area (Å²) in [5.41, 5.74) is 3.62. The Hall–Kier alpha value is -2.67. The minimum absolute atomic E-state index is 0.210. The average Bonchev–Trinajstić information content (AvgIpc) is 3.31. The molecular weight excluding hydrogens is 376 g/mol. The second-order valence-corrected chi connectivity index (χ2v) is 7.84. The van der Waals surface area contributed by atoms with Crippen molar-refractivity contribution in [2.45, 2.75) is 25.6 Å². The molecule has 6 nitrogen and oxygen atoms in total. The van der Waals surface area contributed by atoms with Crippen LogP contribution in [-0.4, -0.2) is 64.1 Å². The second kappa shape index (κ2) is 9.89. The molecule has 30 heavy (non-hydrogen) atoms. The van der Waals surface area contributed by atoms with E-state index in [4.69, 9.17) is 4.74 Å². The first-order chi connectivity index (χ1) is 14.7. The van der Waals surface area contributed by atoms with Crippen molar-refractivity contribution in [2.24, 2.45) is 0 Å². The van der Waals surface area contributed by atoms with E-state index in [-0.39, 0.29) is 6.61 Å². The summed E-state index contributed by atoms with van der Waals surface area (Å²) < 4.78 is 7.26. The van der Waals surface area contributed by atoms with Crippen LogP contribution in [0.5, 0.6) is 5.75 Å². The van der Waals surface area contributed by atoms with Gasteiger partial charge >= 0.3 is 0 Å². The van der Waals surface area contributed by atoms with Crippen molar-refractivity contribution >= 4 is 0 Å². The van der Waals surface area contributed by atoms with Gasteiger partial charge in [0.25, 0.3) is 0 Å². The monoisotopic (exact) mass is 406 g/mol. The summed E-state index contributed by atoms with van der Waals surface area (Å²) in [6, 6.07) is 19.1. The van der Waals surface area contributed by atoms with E-state index in [1.807, 2.05) is 29.1 Å². The fourth-order valence-corrected chi connectivity index (χ4v) is 4.21. The van der Waals surface area contributed by atoms with Gasteiger partial charge in [-0.1, -0.05) is 24.3 Å². The van der Waals surface area contributed by atoms with Crippen molar-refractivity contribution in [3.8, 4) is 11.4 Å². The zero-order valence-electron chi connectivity index (χ0n) is 17.5. The Balaban J connectivity index is 1.41. The lowest BCUT2D eigenvalue weighted by molar-refractivity contribution is 0.0499. The van der Waals surface area contributed by atoms with Crippen LogP contribution in [0.2, 0.25) is 0 Å². The highest BCUT2D eigenvalue weighted by Crippen LogP contribution is 2.21. The first kappa shape index (κ1) is 20.6. The Morgan fingerprint density at radius 3 is 2.63 bits per heavy atom. The lowest BCUT2D eigenvalue weighted by atomic mass is 10.1. The molecule has 0 saturated carbocycles. The highest BCUT2D eigenvalue weighted by Gasteiger charge is 2.26. The fraction of sp³-hybridized carbons (Fsp3) is 0.375. The SMILES string of the molecule is COc1cccc(CN2CCN(Cc3cccc(-n4cccn4)c3)C[C@H]2CCO)c1. The van der Waals surface area contributed by atoms with E-state index in [0.717, 1.165) is 50.6 Å². The number of hydrogen-bond acceptors (Lipinski definition) is 5. The fourth-order valence-electron chi connectivity index (χ4n) is 4.21. The standard InChI is InChI=1S/C24H30N4O2/c1-30-24-8-3-6-21(16-24)18-27-13-12-26(19-23(27)9-14-29)17-20-5-2-7-22(15-20)28-11-4-10-25-28/h2-8,10-11,15-16,23,29H,9,12-14,17-19H2,1H3/t23-/m1/s1. The van der Waals surface area contributed by atoms with Gasteiger partial charge in [-0.15, -0.1) is 0 Å². The van der Waals surface area contributed by atoms with Crippen LogP contribution in [0.25, 0.3) is 5.69 Å². The predicted molar refractivity (Wildman–Crippen MR) is 118 cm³/mol. The van der Waals surface area contributed by atoms with E-state index in [1.165, 1.54) is 11.1 Å². The van der Waals surface area contributed by atoms with Crippen LogP contribution < -0.4 is 4.74 Å². The maximum atomic E-state index is 9.63. The van der Waals surface area contributed by atoms with E-state index in [1.54, 1.807) is 13.3 Å². The summed E-state index contributed by atoms with van der Waals surface area (Å²) >= 11 is 0. The zero-order valence-corrected chi connectivity index (χ0v) is 17.5. The molecule has 1 N–H and O–H groups in total. The molecule has 6 heteroatoms.